The lowest BCUT2D eigenvalue weighted by Gasteiger charge is -2.10. The van der Waals surface area contributed by atoms with Gasteiger partial charge in [-0.1, -0.05) is 59.8 Å². The average Bonchev–Trinajstić information content (AvgIpc) is 3.34. The second-order valence-corrected chi connectivity index (χ2v) is 9.75. The second kappa shape index (κ2) is 8.37. The average molecular weight is 460 g/mol. The molecule has 0 saturated carbocycles. The van der Waals surface area contributed by atoms with Crippen molar-refractivity contribution in [3.63, 3.8) is 0 Å². The number of rotatable bonds is 5. The minimum Gasteiger partial charge on any atom is -0.309 e. The number of fused-ring (bicyclic) bond motifs is 1. The highest BCUT2D eigenvalue weighted by Crippen LogP contribution is 2.30. The maximum atomic E-state index is 12.6. The quantitative estimate of drug-likeness (QED) is 0.354. The van der Waals surface area contributed by atoms with Gasteiger partial charge in [-0.3, -0.25) is 9.36 Å². The fourth-order valence-electron chi connectivity index (χ4n) is 3.56. The molecular formula is C24H21N5OS2. The van der Waals surface area contributed by atoms with Gasteiger partial charge >= 0.3 is 0 Å². The van der Waals surface area contributed by atoms with Crippen LogP contribution in [0.4, 0.5) is 0 Å². The molecule has 1 N–H and O–H groups in total. The molecule has 0 bridgehead atoms. The van der Waals surface area contributed by atoms with E-state index in [9.17, 15) is 4.79 Å². The molecular weight excluding hydrogens is 438 g/mol. The van der Waals surface area contributed by atoms with Gasteiger partial charge in [-0.05, 0) is 38.5 Å². The first kappa shape index (κ1) is 20.7. The van der Waals surface area contributed by atoms with E-state index >= 15 is 0 Å². The van der Waals surface area contributed by atoms with Crippen molar-refractivity contribution < 1.29 is 0 Å². The smallest absolute Gasteiger partial charge is 0.259 e. The summed E-state index contributed by atoms with van der Waals surface area (Å²) in [6, 6.07) is 18.3. The monoisotopic (exact) mass is 459 g/mol. The molecule has 8 heteroatoms. The van der Waals surface area contributed by atoms with Crippen molar-refractivity contribution in [3.05, 3.63) is 86.8 Å². The number of aromatic amines is 1. The largest absolute Gasteiger partial charge is 0.309 e. The number of aromatic nitrogens is 5. The molecule has 32 heavy (non-hydrogen) atoms. The minimum absolute atomic E-state index is 0.0857. The van der Waals surface area contributed by atoms with Gasteiger partial charge in [0.2, 0.25) is 0 Å². The maximum Gasteiger partial charge on any atom is 0.259 e. The van der Waals surface area contributed by atoms with Gasteiger partial charge in [-0.2, -0.15) is 0 Å². The minimum atomic E-state index is -0.0857. The standard InChI is InChI=1S/C24H21N5OS2/c1-14-9-11-18(12-10-14)29-21(17-7-5-4-6-8-17)27-28-24(29)31-13-19-25-22(30)20-15(2)16(3)32-23(20)26-19/h4-12H,13H2,1-3H3,(H,25,26,30). The molecule has 0 radical (unpaired) electrons. The lowest BCUT2D eigenvalue weighted by molar-refractivity contribution is 0.883. The van der Waals surface area contributed by atoms with Gasteiger partial charge in [-0.25, -0.2) is 4.98 Å². The highest BCUT2D eigenvalue weighted by molar-refractivity contribution is 7.98. The van der Waals surface area contributed by atoms with Gasteiger partial charge < -0.3 is 4.98 Å². The molecule has 6 nitrogen and oxygen atoms in total. The molecule has 0 unspecified atom stereocenters. The third-order valence-electron chi connectivity index (χ3n) is 5.38. The van der Waals surface area contributed by atoms with E-state index in [1.54, 1.807) is 11.3 Å². The predicted octanol–water partition coefficient (Wildman–Crippen LogP) is 5.45. The summed E-state index contributed by atoms with van der Waals surface area (Å²) in [5, 5.41) is 10.4. The predicted molar refractivity (Wildman–Crippen MR) is 131 cm³/mol. The molecule has 0 saturated heterocycles. The van der Waals surface area contributed by atoms with E-state index in [0.29, 0.717) is 17.0 Å². The molecule has 0 aliphatic rings. The van der Waals surface area contributed by atoms with Crippen LogP contribution < -0.4 is 5.56 Å². The van der Waals surface area contributed by atoms with Gasteiger partial charge in [0.25, 0.3) is 5.56 Å². The Labute approximate surface area is 193 Å². The molecule has 0 aliphatic heterocycles. The molecule has 160 valence electrons. The van der Waals surface area contributed by atoms with E-state index in [4.69, 9.17) is 4.98 Å². The fraction of sp³-hybridized carbons (Fsp3) is 0.167. The van der Waals surface area contributed by atoms with Crippen LogP contribution in [0.1, 0.15) is 21.8 Å². The summed E-state index contributed by atoms with van der Waals surface area (Å²) in [4.78, 5) is 22.2. The third-order valence-corrected chi connectivity index (χ3v) is 7.42. The SMILES string of the molecule is Cc1ccc(-n2c(SCc3nc4sc(C)c(C)c4c(=O)[nH]3)nnc2-c2ccccc2)cc1. The number of benzene rings is 2. The topological polar surface area (TPSA) is 76.5 Å². The third kappa shape index (κ3) is 3.76. The summed E-state index contributed by atoms with van der Waals surface area (Å²) in [6.45, 7) is 6.05. The van der Waals surface area contributed by atoms with Crippen molar-refractivity contribution in [1.29, 1.82) is 0 Å². The number of nitrogens with zero attached hydrogens (tertiary/aromatic N) is 4. The number of nitrogens with one attached hydrogen (secondary N) is 1. The Hall–Kier alpha value is -3.23. The lowest BCUT2D eigenvalue weighted by Crippen LogP contribution is -2.11. The van der Waals surface area contributed by atoms with Crippen molar-refractivity contribution in [3.8, 4) is 17.1 Å². The molecule has 2 aromatic carbocycles. The van der Waals surface area contributed by atoms with Crippen molar-refractivity contribution in [2.75, 3.05) is 0 Å². The van der Waals surface area contributed by atoms with Crippen LogP contribution in [0, 0.1) is 20.8 Å². The van der Waals surface area contributed by atoms with Crippen molar-refractivity contribution in [1.82, 2.24) is 24.7 Å². The number of H-pyrrole nitrogens is 1. The number of thiophene rings is 1. The summed E-state index contributed by atoms with van der Waals surface area (Å²) in [5.41, 5.74) is 4.09. The Morgan fingerprint density at radius 3 is 2.50 bits per heavy atom. The lowest BCUT2D eigenvalue weighted by atomic mass is 10.2. The van der Waals surface area contributed by atoms with E-state index < -0.39 is 0 Å². The van der Waals surface area contributed by atoms with E-state index in [1.165, 1.54) is 17.3 Å². The number of hydrogen-bond acceptors (Lipinski definition) is 6. The summed E-state index contributed by atoms with van der Waals surface area (Å²) in [6.07, 6.45) is 0. The molecule has 3 heterocycles. The number of thioether (sulfide) groups is 1. The van der Waals surface area contributed by atoms with Gasteiger partial charge in [0.05, 0.1) is 11.1 Å². The normalized spacial score (nSPS) is 11.3. The van der Waals surface area contributed by atoms with Crippen LogP contribution in [0.5, 0.6) is 0 Å². The summed E-state index contributed by atoms with van der Waals surface area (Å²) >= 11 is 3.06. The molecule has 0 spiro atoms. The van der Waals surface area contributed by atoms with Crippen LogP contribution in [0.2, 0.25) is 0 Å². The first-order chi connectivity index (χ1) is 15.5. The highest BCUT2D eigenvalue weighted by atomic mass is 32.2. The Kier molecular flexibility index (Phi) is 5.40. The Morgan fingerprint density at radius 2 is 1.75 bits per heavy atom. The molecule has 0 fully saturated rings. The zero-order chi connectivity index (χ0) is 22.2. The van der Waals surface area contributed by atoms with Gasteiger partial charge in [-0.15, -0.1) is 21.5 Å². The molecule has 5 rings (SSSR count). The van der Waals surface area contributed by atoms with Gasteiger partial charge in [0.1, 0.15) is 10.7 Å². The molecule has 0 atom stereocenters. The highest BCUT2D eigenvalue weighted by Gasteiger charge is 2.17. The first-order valence-corrected chi connectivity index (χ1v) is 12.0. The maximum absolute atomic E-state index is 12.6. The number of aryl methyl sites for hydroxylation is 3. The second-order valence-electron chi connectivity index (χ2n) is 7.61. The van der Waals surface area contributed by atoms with Crippen LogP contribution in [0.25, 0.3) is 27.3 Å². The summed E-state index contributed by atoms with van der Waals surface area (Å²) in [5.74, 6) is 1.90. The summed E-state index contributed by atoms with van der Waals surface area (Å²) < 4.78 is 2.05. The van der Waals surface area contributed by atoms with Gasteiger partial charge in [0.15, 0.2) is 11.0 Å². The van der Waals surface area contributed by atoms with Crippen molar-refractivity contribution in [2.24, 2.45) is 0 Å². The van der Waals surface area contributed by atoms with E-state index in [0.717, 1.165) is 37.5 Å². The van der Waals surface area contributed by atoms with Crippen LogP contribution >= 0.6 is 23.1 Å². The Balaban J connectivity index is 1.53. The van der Waals surface area contributed by atoms with Crippen LogP contribution in [0.3, 0.4) is 0 Å². The molecule has 5 aromatic rings. The van der Waals surface area contributed by atoms with Crippen molar-refractivity contribution in [2.45, 2.75) is 31.7 Å². The van der Waals surface area contributed by atoms with Gasteiger partial charge in [0, 0.05) is 16.1 Å². The Morgan fingerprint density at radius 1 is 1.00 bits per heavy atom. The molecule has 0 aliphatic carbocycles. The first-order valence-electron chi connectivity index (χ1n) is 10.2. The Bertz CT molecular complexity index is 1470. The summed E-state index contributed by atoms with van der Waals surface area (Å²) in [7, 11) is 0. The van der Waals surface area contributed by atoms with Crippen LogP contribution in [-0.4, -0.2) is 24.7 Å². The van der Waals surface area contributed by atoms with E-state index in [-0.39, 0.29) is 5.56 Å². The van der Waals surface area contributed by atoms with Crippen LogP contribution in [0.15, 0.2) is 64.5 Å². The molecule has 3 aromatic heterocycles. The zero-order valence-corrected chi connectivity index (χ0v) is 19.5. The fourth-order valence-corrected chi connectivity index (χ4v) is 5.44. The zero-order valence-electron chi connectivity index (χ0n) is 17.9. The number of hydrogen-bond donors (Lipinski definition) is 1. The van der Waals surface area contributed by atoms with E-state index in [1.807, 2.05) is 44.2 Å². The molecule has 0 amide bonds. The van der Waals surface area contributed by atoms with E-state index in [2.05, 4.69) is 50.9 Å². The van der Waals surface area contributed by atoms with Crippen molar-refractivity contribution >= 4 is 33.3 Å². The van der Waals surface area contributed by atoms with Crippen LogP contribution in [-0.2, 0) is 5.75 Å².